The van der Waals surface area contributed by atoms with E-state index >= 15 is 0 Å². The van der Waals surface area contributed by atoms with Crippen LogP contribution >= 0.6 is 0 Å². The van der Waals surface area contributed by atoms with Crippen molar-refractivity contribution in [2.45, 2.75) is 12.7 Å². The Bertz CT molecular complexity index is 628. The number of carboxylic acid groups (broad SMARTS) is 1. The molecule has 0 radical (unpaired) electrons. The van der Waals surface area contributed by atoms with Crippen LogP contribution in [0, 0.1) is 0 Å². The highest BCUT2D eigenvalue weighted by atomic mass is 19.4. The Labute approximate surface area is 135 Å². The number of hydrogen-bond acceptors (Lipinski definition) is 4. The highest BCUT2D eigenvalue weighted by Crippen LogP contribution is 2.31. The van der Waals surface area contributed by atoms with Crippen LogP contribution in [0.5, 0.6) is 0 Å². The molecule has 0 spiro atoms. The molecule has 132 valence electrons. The topological polar surface area (TPSA) is 98.9 Å². The Kier molecular flexibility index (Phi) is 5.30. The Morgan fingerprint density at radius 1 is 1.21 bits per heavy atom. The maximum atomic E-state index is 12.8. The van der Waals surface area contributed by atoms with Crippen LogP contribution in [0.15, 0.2) is 18.2 Å². The van der Waals surface area contributed by atoms with E-state index in [1.807, 2.05) is 10.3 Å². The third-order valence-corrected chi connectivity index (χ3v) is 3.85. The average Bonchev–Trinajstić information content (AvgIpc) is 2.54. The first kappa shape index (κ1) is 18.0. The number of benzene rings is 1. The Morgan fingerprint density at radius 2 is 1.83 bits per heavy atom. The van der Waals surface area contributed by atoms with Gasteiger partial charge in [-0.25, -0.2) is 10.6 Å². The van der Waals surface area contributed by atoms with Gasteiger partial charge in [-0.2, -0.15) is 13.2 Å². The number of halogens is 3. The SMILES string of the molecule is NNC(=O)c1cc(C(F)(F)F)ccc1CN1CCN(C(=O)O)CC1. The molecule has 1 aromatic carbocycles. The molecular formula is C14H17F3N4O3. The lowest BCUT2D eigenvalue weighted by atomic mass is 10.0. The van der Waals surface area contributed by atoms with E-state index in [1.165, 1.54) is 11.0 Å². The number of piperazine rings is 1. The van der Waals surface area contributed by atoms with Gasteiger partial charge in [-0.05, 0) is 17.7 Å². The third kappa shape index (κ3) is 4.15. The van der Waals surface area contributed by atoms with E-state index in [0.29, 0.717) is 31.7 Å². The van der Waals surface area contributed by atoms with Crippen LogP contribution in [-0.4, -0.2) is 53.1 Å². The van der Waals surface area contributed by atoms with Crippen molar-refractivity contribution in [1.82, 2.24) is 15.2 Å². The second-order valence-corrected chi connectivity index (χ2v) is 5.39. The smallest absolute Gasteiger partial charge is 0.416 e. The molecule has 0 atom stereocenters. The number of carbonyl (C=O) groups excluding carboxylic acids is 1. The van der Waals surface area contributed by atoms with Gasteiger partial charge in [0.15, 0.2) is 0 Å². The molecule has 2 amide bonds. The van der Waals surface area contributed by atoms with Crippen LogP contribution in [0.2, 0.25) is 0 Å². The molecule has 0 unspecified atom stereocenters. The zero-order valence-electron chi connectivity index (χ0n) is 12.6. The third-order valence-electron chi connectivity index (χ3n) is 3.85. The molecule has 1 aliphatic heterocycles. The summed E-state index contributed by atoms with van der Waals surface area (Å²) in [6, 6.07) is 2.93. The number of hydrazine groups is 1. The molecular weight excluding hydrogens is 329 g/mol. The summed E-state index contributed by atoms with van der Waals surface area (Å²) in [5, 5.41) is 8.90. The molecule has 0 bridgehead atoms. The van der Waals surface area contributed by atoms with Gasteiger partial charge < -0.3 is 10.0 Å². The van der Waals surface area contributed by atoms with E-state index in [1.54, 1.807) is 0 Å². The largest absolute Gasteiger partial charge is 0.465 e. The first-order chi connectivity index (χ1) is 11.2. The monoisotopic (exact) mass is 346 g/mol. The standard InChI is InChI=1S/C14H17F3N4O3/c15-14(16,17)10-2-1-9(11(7-10)12(22)19-18)8-20-3-5-21(6-4-20)13(23)24/h1-2,7H,3-6,8,18H2,(H,19,22)(H,23,24). The zero-order chi connectivity index (χ0) is 17.9. The van der Waals surface area contributed by atoms with Gasteiger partial charge in [0, 0.05) is 38.3 Å². The number of nitrogen functional groups attached to an aromatic ring is 1. The molecule has 1 aliphatic rings. The predicted octanol–water partition coefficient (Wildman–Crippen LogP) is 1.10. The summed E-state index contributed by atoms with van der Waals surface area (Å²) < 4.78 is 38.4. The molecule has 0 aliphatic carbocycles. The molecule has 1 aromatic rings. The van der Waals surface area contributed by atoms with Crippen LogP contribution in [0.1, 0.15) is 21.5 Å². The van der Waals surface area contributed by atoms with Crippen molar-refractivity contribution in [3.05, 3.63) is 34.9 Å². The minimum absolute atomic E-state index is 0.145. The lowest BCUT2D eigenvalue weighted by Crippen LogP contribution is -2.48. The highest BCUT2D eigenvalue weighted by molar-refractivity contribution is 5.95. The minimum Gasteiger partial charge on any atom is -0.465 e. The van der Waals surface area contributed by atoms with Crippen molar-refractivity contribution in [2.24, 2.45) is 5.84 Å². The molecule has 2 rings (SSSR count). The van der Waals surface area contributed by atoms with Crippen molar-refractivity contribution in [3.63, 3.8) is 0 Å². The number of alkyl halides is 3. The number of amides is 2. The first-order valence-corrected chi connectivity index (χ1v) is 7.13. The van der Waals surface area contributed by atoms with E-state index in [4.69, 9.17) is 10.9 Å². The van der Waals surface area contributed by atoms with Crippen LogP contribution in [0.3, 0.4) is 0 Å². The lowest BCUT2D eigenvalue weighted by Gasteiger charge is -2.33. The summed E-state index contributed by atoms with van der Waals surface area (Å²) in [6.45, 7) is 1.69. The van der Waals surface area contributed by atoms with Crippen molar-refractivity contribution < 1.29 is 27.9 Å². The Hall–Kier alpha value is -2.33. The minimum atomic E-state index is -4.56. The van der Waals surface area contributed by atoms with Crippen molar-refractivity contribution in [3.8, 4) is 0 Å². The van der Waals surface area contributed by atoms with Gasteiger partial charge in [-0.3, -0.25) is 15.1 Å². The van der Waals surface area contributed by atoms with E-state index in [0.717, 1.165) is 12.1 Å². The number of rotatable bonds is 3. The van der Waals surface area contributed by atoms with Gasteiger partial charge in [0.05, 0.1) is 5.56 Å². The summed E-state index contributed by atoms with van der Waals surface area (Å²) in [4.78, 5) is 25.8. The van der Waals surface area contributed by atoms with Gasteiger partial charge >= 0.3 is 12.3 Å². The molecule has 24 heavy (non-hydrogen) atoms. The fraction of sp³-hybridized carbons (Fsp3) is 0.429. The summed E-state index contributed by atoms with van der Waals surface area (Å²) in [5.74, 6) is 4.25. The van der Waals surface area contributed by atoms with Gasteiger partial charge in [-0.15, -0.1) is 0 Å². The summed E-state index contributed by atoms with van der Waals surface area (Å²) in [5.41, 5.74) is 1.17. The maximum absolute atomic E-state index is 12.8. The van der Waals surface area contributed by atoms with Gasteiger partial charge in [0.2, 0.25) is 0 Å². The zero-order valence-corrected chi connectivity index (χ0v) is 12.6. The molecule has 1 saturated heterocycles. The quantitative estimate of drug-likeness (QED) is 0.433. The van der Waals surface area contributed by atoms with Crippen molar-refractivity contribution in [2.75, 3.05) is 26.2 Å². The van der Waals surface area contributed by atoms with Crippen LogP contribution in [-0.2, 0) is 12.7 Å². The number of nitrogens with two attached hydrogens (primary N) is 1. The van der Waals surface area contributed by atoms with Crippen molar-refractivity contribution in [1.29, 1.82) is 0 Å². The number of carbonyl (C=O) groups is 2. The van der Waals surface area contributed by atoms with Crippen LogP contribution in [0.25, 0.3) is 0 Å². The normalized spacial score (nSPS) is 16.1. The van der Waals surface area contributed by atoms with E-state index in [2.05, 4.69) is 0 Å². The van der Waals surface area contributed by atoms with Crippen molar-refractivity contribution >= 4 is 12.0 Å². The fourth-order valence-electron chi connectivity index (χ4n) is 2.52. The first-order valence-electron chi connectivity index (χ1n) is 7.13. The van der Waals surface area contributed by atoms with Crippen LogP contribution < -0.4 is 11.3 Å². The van der Waals surface area contributed by atoms with E-state index < -0.39 is 23.7 Å². The molecule has 4 N–H and O–H groups in total. The second kappa shape index (κ2) is 7.05. The summed E-state index contributed by atoms with van der Waals surface area (Å²) >= 11 is 0. The summed E-state index contributed by atoms with van der Waals surface area (Å²) in [6.07, 6.45) is -5.57. The van der Waals surface area contributed by atoms with E-state index in [-0.39, 0.29) is 12.1 Å². The highest BCUT2D eigenvalue weighted by Gasteiger charge is 2.32. The number of hydrogen-bond donors (Lipinski definition) is 3. The molecule has 0 aromatic heterocycles. The second-order valence-electron chi connectivity index (χ2n) is 5.39. The number of nitrogens with one attached hydrogen (secondary N) is 1. The average molecular weight is 346 g/mol. The van der Waals surface area contributed by atoms with Gasteiger partial charge in [0.1, 0.15) is 0 Å². The maximum Gasteiger partial charge on any atom is 0.416 e. The Balaban J connectivity index is 2.18. The molecule has 10 heteroatoms. The summed E-state index contributed by atoms with van der Waals surface area (Å²) in [7, 11) is 0. The van der Waals surface area contributed by atoms with Gasteiger partial charge in [0.25, 0.3) is 5.91 Å². The Morgan fingerprint density at radius 3 is 2.33 bits per heavy atom. The van der Waals surface area contributed by atoms with Crippen LogP contribution in [0.4, 0.5) is 18.0 Å². The molecule has 7 nitrogen and oxygen atoms in total. The fourth-order valence-corrected chi connectivity index (χ4v) is 2.52. The van der Waals surface area contributed by atoms with Gasteiger partial charge in [-0.1, -0.05) is 6.07 Å². The number of nitrogens with zero attached hydrogens (tertiary/aromatic N) is 2. The lowest BCUT2D eigenvalue weighted by molar-refractivity contribution is -0.137. The predicted molar refractivity (Wildman–Crippen MR) is 78.0 cm³/mol. The molecule has 1 heterocycles. The molecule has 1 fully saturated rings. The molecule has 0 saturated carbocycles. The van der Waals surface area contributed by atoms with E-state index in [9.17, 15) is 22.8 Å².